The van der Waals surface area contributed by atoms with Gasteiger partial charge in [0.25, 0.3) is 0 Å². The number of nitrogens with one attached hydrogen (secondary N) is 2. The summed E-state index contributed by atoms with van der Waals surface area (Å²) in [5, 5.41) is 6.35. The van der Waals surface area contributed by atoms with Gasteiger partial charge in [-0.2, -0.15) is 0 Å². The molecular formula is C11H21N3O. The average Bonchev–Trinajstić information content (AvgIpc) is 2.88. The van der Waals surface area contributed by atoms with E-state index >= 15 is 0 Å². The van der Waals surface area contributed by atoms with Crippen LogP contribution in [0.3, 0.4) is 0 Å². The average molecular weight is 211 g/mol. The Morgan fingerprint density at radius 3 is 2.87 bits per heavy atom. The molecule has 15 heavy (non-hydrogen) atoms. The van der Waals surface area contributed by atoms with E-state index in [1.807, 2.05) is 11.9 Å². The van der Waals surface area contributed by atoms with Gasteiger partial charge in [-0.15, -0.1) is 0 Å². The van der Waals surface area contributed by atoms with Crippen LogP contribution in [0.2, 0.25) is 0 Å². The molecule has 2 aliphatic rings. The molecular weight excluding hydrogens is 190 g/mol. The van der Waals surface area contributed by atoms with E-state index in [2.05, 4.69) is 10.6 Å². The Morgan fingerprint density at radius 1 is 1.47 bits per heavy atom. The molecule has 1 unspecified atom stereocenters. The van der Waals surface area contributed by atoms with Crippen LogP contribution in [-0.2, 0) is 0 Å². The van der Waals surface area contributed by atoms with E-state index in [-0.39, 0.29) is 6.03 Å². The van der Waals surface area contributed by atoms with Crippen molar-refractivity contribution >= 4 is 6.03 Å². The predicted octanol–water partition coefficient (Wildman–Crippen LogP) is 0.790. The van der Waals surface area contributed by atoms with Crippen molar-refractivity contribution in [2.75, 3.05) is 26.7 Å². The summed E-state index contributed by atoms with van der Waals surface area (Å²) in [5.74, 6) is 0.765. The number of nitrogens with zero attached hydrogens (tertiary/aromatic N) is 1. The van der Waals surface area contributed by atoms with E-state index in [1.54, 1.807) is 0 Å². The Kier molecular flexibility index (Phi) is 3.46. The molecule has 2 amide bonds. The summed E-state index contributed by atoms with van der Waals surface area (Å²) in [7, 11) is 1.89. The number of urea groups is 1. The van der Waals surface area contributed by atoms with Crippen LogP contribution in [0, 0.1) is 5.92 Å². The maximum absolute atomic E-state index is 11.6. The lowest BCUT2D eigenvalue weighted by molar-refractivity contribution is 0.205. The number of hydrogen-bond acceptors (Lipinski definition) is 2. The van der Waals surface area contributed by atoms with Gasteiger partial charge >= 0.3 is 6.03 Å². The van der Waals surface area contributed by atoms with Gasteiger partial charge in [0.1, 0.15) is 0 Å². The first-order chi connectivity index (χ1) is 7.25. The zero-order valence-electron chi connectivity index (χ0n) is 9.46. The number of amides is 2. The fraction of sp³-hybridized carbons (Fsp3) is 0.909. The minimum Gasteiger partial charge on any atom is -0.335 e. The molecule has 1 saturated heterocycles. The standard InChI is InChI=1S/C11H21N3O/c1-14(11(15)13-10-2-3-10)7-5-9-4-6-12-8-9/h9-10,12H,2-8H2,1H3,(H,13,15). The van der Waals surface area contributed by atoms with Gasteiger partial charge in [0, 0.05) is 19.6 Å². The summed E-state index contributed by atoms with van der Waals surface area (Å²) in [5.41, 5.74) is 0. The first-order valence-electron chi connectivity index (χ1n) is 5.98. The summed E-state index contributed by atoms with van der Waals surface area (Å²) < 4.78 is 0. The number of carbonyl (C=O) groups is 1. The minimum absolute atomic E-state index is 0.100. The molecule has 1 aliphatic heterocycles. The Bertz CT molecular complexity index is 222. The number of rotatable bonds is 4. The highest BCUT2D eigenvalue weighted by Crippen LogP contribution is 2.19. The van der Waals surface area contributed by atoms with Crippen molar-refractivity contribution in [3.63, 3.8) is 0 Å². The van der Waals surface area contributed by atoms with E-state index in [9.17, 15) is 4.79 Å². The monoisotopic (exact) mass is 211 g/mol. The Morgan fingerprint density at radius 2 is 2.27 bits per heavy atom. The van der Waals surface area contributed by atoms with Gasteiger partial charge in [-0.05, 0) is 44.7 Å². The van der Waals surface area contributed by atoms with Crippen LogP contribution < -0.4 is 10.6 Å². The third-order valence-electron chi connectivity index (χ3n) is 3.29. The normalized spacial score (nSPS) is 25.3. The van der Waals surface area contributed by atoms with E-state index in [0.29, 0.717) is 6.04 Å². The molecule has 0 bridgehead atoms. The minimum atomic E-state index is 0.100. The fourth-order valence-electron chi connectivity index (χ4n) is 1.95. The van der Waals surface area contributed by atoms with Gasteiger partial charge in [0.2, 0.25) is 0 Å². The van der Waals surface area contributed by atoms with Crippen molar-refractivity contribution in [2.45, 2.75) is 31.7 Å². The molecule has 2 rings (SSSR count). The third kappa shape index (κ3) is 3.38. The van der Waals surface area contributed by atoms with Crippen molar-refractivity contribution in [1.82, 2.24) is 15.5 Å². The maximum atomic E-state index is 11.6. The van der Waals surface area contributed by atoms with Gasteiger partial charge < -0.3 is 15.5 Å². The van der Waals surface area contributed by atoms with Crippen LogP contribution in [-0.4, -0.2) is 43.7 Å². The van der Waals surface area contributed by atoms with E-state index in [1.165, 1.54) is 6.42 Å². The van der Waals surface area contributed by atoms with Crippen LogP contribution in [0.15, 0.2) is 0 Å². The van der Waals surface area contributed by atoms with Crippen LogP contribution in [0.1, 0.15) is 25.7 Å². The maximum Gasteiger partial charge on any atom is 0.317 e. The Balaban J connectivity index is 1.61. The molecule has 1 heterocycles. The molecule has 2 N–H and O–H groups in total. The second-order valence-corrected chi connectivity index (χ2v) is 4.79. The van der Waals surface area contributed by atoms with Gasteiger partial charge in [-0.3, -0.25) is 0 Å². The molecule has 1 aliphatic carbocycles. The van der Waals surface area contributed by atoms with Gasteiger partial charge in [0.15, 0.2) is 0 Å². The molecule has 0 aromatic heterocycles. The zero-order valence-corrected chi connectivity index (χ0v) is 9.46. The lowest BCUT2D eigenvalue weighted by atomic mass is 10.1. The van der Waals surface area contributed by atoms with Gasteiger partial charge in [-0.1, -0.05) is 0 Å². The molecule has 4 nitrogen and oxygen atoms in total. The molecule has 1 atom stereocenters. The Labute approximate surface area is 91.4 Å². The second-order valence-electron chi connectivity index (χ2n) is 4.79. The highest BCUT2D eigenvalue weighted by atomic mass is 16.2. The number of carbonyl (C=O) groups excluding carboxylic acids is 1. The lowest BCUT2D eigenvalue weighted by Gasteiger charge is -2.19. The first-order valence-corrected chi connectivity index (χ1v) is 5.98. The van der Waals surface area contributed by atoms with Crippen LogP contribution in [0.4, 0.5) is 4.79 Å². The molecule has 0 radical (unpaired) electrons. The topological polar surface area (TPSA) is 44.4 Å². The van der Waals surface area contributed by atoms with E-state index < -0.39 is 0 Å². The van der Waals surface area contributed by atoms with Crippen molar-refractivity contribution < 1.29 is 4.79 Å². The summed E-state index contributed by atoms with van der Waals surface area (Å²) in [4.78, 5) is 13.4. The van der Waals surface area contributed by atoms with Gasteiger partial charge in [0.05, 0.1) is 0 Å². The number of hydrogen-bond donors (Lipinski definition) is 2. The van der Waals surface area contributed by atoms with Gasteiger partial charge in [-0.25, -0.2) is 4.79 Å². The smallest absolute Gasteiger partial charge is 0.317 e. The molecule has 0 aromatic carbocycles. The lowest BCUT2D eigenvalue weighted by Crippen LogP contribution is -2.39. The van der Waals surface area contributed by atoms with Crippen molar-refractivity contribution in [1.29, 1.82) is 0 Å². The fourth-order valence-corrected chi connectivity index (χ4v) is 1.95. The molecule has 86 valence electrons. The highest BCUT2D eigenvalue weighted by molar-refractivity contribution is 5.74. The van der Waals surface area contributed by atoms with Crippen molar-refractivity contribution in [3.05, 3.63) is 0 Å². The predicted molar refractivity (Wildman–Crippen MR) is 59.8 cm³/mol. The quantitative estimate of drug-likeness (QED) is 0.722. The highest BCUT2D eigenvalue weighted by Gasteiger charge is 2.25. The largest absolute Gasteiger partial charge is 0.335 e. The molecule has 2 fully saturated rings. The van der Waals surface area contributed by atoms with Crippen molar-refractivity contribution in [3.8, 4) is 0 Å². The van der Waals surface area contributed by atoms with Crippen LogP contribution >= 0.6 is 0 Å². The third-order valence-corrected chi connectivity index (χ3v) is 3.29. The van der Waals surface area contributed by atoms with Crippen LogP contribution in [0.5, 0.6) is 0 Å². The molecule has 0 spiro atoms. The first kappa shape index (κ1) is 10.7. The summed E-state index contributed by atoms with van der Waals surface area (Å²) >= 11 is 0. The molecule has 4 heteroatoms. The summed E-state index contributed by atoms with van der Waals surface area (Å²) in [6.07, 6.45) is 4.71. The van der Waals surface area contributed by atoms with Crippen LogP contribution in [0.25, 0.3) is 0 Å². The Hall–Kier alpha value is -0.770. The van der Waals surface area contributed by atoms with Crippen molar-refractivity contribution in [2.24, 2.45) is 5.92 Å². The molecule has 1 saturated carbocycles. The SMILES string of the molecule is CN(CCC1CCNC1)C(=O)NC1CC1. The summed E-state index contributed by atoms with van der Waals surface area (Å²) in [6, 6.07) is 0.566. The van der Waals surface area contributed by atoms with E-state index in [0.717, 1.165) is 44.8 Å². The molecule has 0 aromatic rings. The second kappa shape index (κ2) is 4.84. The summed E-state index contributed by atoms with van der Waals surface area (Å²) in [6.45, 7) is 3.14. The zero-order chi connectivity index (χ0) is 10.7. The van der Waals surface area contributed by atoms with E-state index in [4.69, 9.17) is 0 Å².